The van der Waals surface area contributed by atoms with Crippen LogP contribution in [0, 0.1) is 6.92 Å². The van der Waals surface area contributed by atoms with Gasteiger partial charge in [0.15, 0.2) is 11.0 Å². The standard InChI is InChI=1S/C16H13ClN6S/c1-8-12-15(23-22-8)20-14-11(7-18-16(21-14)24-2)13(19-12)9-4-3-5-10(17)6-9/h3-7H,1-2H3,(H2,18,20,21,22,23). The second kappa shape index (κ2) is 5.92. The normalized spacial score (nSPS) is 12.7. The highest BCUT2D eigenvalue weighted by atomic mass is 35.5. The SMILES string of the molecule is CSc1ncc2c(n1)Nc1n[nH]c(C)c1N=C2c1cccc(Cl)c1. The van der Waals surface area contributed by atoms with E-state index in [1.807, 2.05) is 37.4 Å². The predicted octanol–water partition coefficient (Wildman–Crippen LogP) is 4.11. The van der Waals surface area contributed by atoms with Gasteiger partial charge in [-0.05, 0) is 25.3 Å². The Kier molecular flexibility index (Phi) is 3.74. The van der Waals surface area contributed by atoms with Crippen LogP contribution < -0.4 is 5.32 Å². The van der Waals surface area contributed by atoms with Gasteiger partial charge in [-0.1, -0.05) is 35.5 Å². The fraction of sp³-hybridized carbons (Fsp3) is 0.125. The summed E-state index contributed by atoms with van der Waals surface area (Å²) in [6.07, 6.45) is 3.72. The minimum absolute atomic E-state index is 0.650. The number of aliphatic imine (C=N–C) groups is 1. The summed E-state index contributed by atoms with van der Waals surface area (Å²) in [4.78, 5) is 13.8. The first-order valence-electron chi connectivity index (χ1n) is 7.23. The number of fused-ring (bicyclic) bond motifs is 2. The van der Waals surface area contributed by atoms with Crippen molar-refractivity contribution in [3.8, 4) is 0 Å². The Bertz CT molecular complexity index is 965. The molecular formula is C16H13ClN6S. The van der Waals surface area contributed by atoms with E-state index in [0.29, 0.717) is 21.8 Å². The van der Waals surface area contributed by atoms with Gasteiger partial charge in [-0.2, -0.15) is 5.10 Å². The third-order valence-electron chi connectivity index (χ3n) is 3.68. The Hall–Kier alpha value is -2.38. The number of aryl methyl sites for hydroxylation is 1. The van der Waals surface area contributed by atoms with E-state index in [4.69, 9.17) is 16.6 Å². The molecule has 0 unspecified atom stereocenters. The average Bonchev–Trinajstić information content (AvgIpc) is 2.84. The zero-order valence-corrected chi connectivity index (χ0v) is 14.5. The minimum atomic E-state index is 0.650. The second-order valence-electron chi connectivity index (χ2n) is 5.26. The average molecular weight is 357 g/mol. The molecular weight excluding hydrogens is 344 g/mol. The number of hydrogen-bond acceptors (Lipinski definition) is 6. The number of thioether (sulfide) groups is 1. The van der Waals surface area contributed by atoms with Crippen LogP contribution in [-0.2, 0) is 0 Å². The predicted molar refractivity (Wildman–Crippen MR) is 97.2 cm³/mol. The van der Waals surface area contributed by atoms with Crippen LogP contribution in [0.1, 0.15) is 16.8 Å². The van der Waals surface area contributed by atoms with Crippen LogP contribution in [0.25, 0.3) is 0 Å². The molecule has 1 aromatic carbocycles. The molecule has 2 aromatic heterocycles. The van der Waals surface area contributed by atoms with E-state index >= 15 is 0 Å². The molecule has 1 aliphatic rings. The molecule has 6 nitrogen and oxygen atoms in total. The summed E-state index contributed by atoms with van der Waals surface area (Å²) in [6, 6.07) is 7.59. The molecule has 0 radical (unpaired) electrons. The van der Waals surface area contributed by atoms with Crippen LogP contribution in [0.2, 0.25) is 5.02 Å². The summed E-state index contributed by atoms with van der Waals surface area (Å²) >= 11 is 7.65. The van der Waals surface area contributed by atoms with Crippen molar-refractivity contribution >= 4 is 46.4 Å². The molecule has 2 N–H and O–H groups in total. The van der Waals surface area contributed by atoms with Crippen LogP contribution in [0.3, 0.4) is 0 Å². The van der Waals surface area contributed by atoms with Crippen molar-refractivity contribution in [2.45, 2.75) is 12.1 Å². The number of halogens is 1. The molecule has 8 heteroatoms. The highest BCUT2D eigenvalue weighted by molar-refractivity contribution is 7.98. The van der Waals surface area contributed by atoms with Gasteiger partial charge >= 0.3 is 0 Å². The lowest BCUT2D eigenvalue weighted by Gasteiger charge is -2.10. The molecule has 0 aliphatic carbocycles. The van der Waals surface area contributed by atoms with Gasteiger partial charge in [0.2, 0.25) is 0 Å². The molecule has 24 heavy (non-hydrogen) atoms. The van der Waals surface area contributed by atoms with Gasteiger partial charge in [0, 0.05) is 16.8 Å². The maximum atomic E-state index is 6.17. The van der Waals surface area contributed by atoms with Gasteiger partial charge in [0.25, 0.3) is 0 Å². The maximum Gasteiger partial charge on any atom is 0.189 e. The maximum absolute atomic E-state index is 6.17. The molecule has 0 spiro atoms. The Morgan fingerprint density at radius 3 is 2.88 bits per heavy atom. The quantitative estimate of drug-likeness (QED) is 0.417. The van der Waals surface area contributed by atoms with E-state index in [9.17, 15) is 0 Å². The van der Waals surface area contributed by atoms with Crippen LogP contribution in [0.15, 0.2) is 40.6 Å². The Morgan fingerprint density at radius 1 is 1.21 bits per heavy atom. The fourth-order valence-electron chi connectivity index (χ4n) is 2.52. The molecule has 0 amide bonds. The molecule has 3 heterocycles. The van der Waals surface area contributed by atoms with Crippen LogP contribution >= 0.6 is 23.4 Å². The van der Waals surface area contributed by atoms with E-state index in [1.54, 1.807) is 6.20 Å². The summed E-state index contributed by atoms with van der Waals surface area (Å²) in [5, 5.41) is 11.8. The van der Waals surface area contributed by atoms with Crippen molar-refractivity contribution < 1.29 is 0 Å². The number of benzene rings is 1. The Morgan fingerprint density at radius 2 is 2.08 bits per heavy atom. The third kappa shape index (κ3) is 2.55. The number of H-pyrrole nitrogens is 1. The first kappa shape index (κ1) is 15.2. The van der Waals surface area contributed by atoms with Crippen molar-refractivity contribution in [1.82, 2.24) is 20.2 Å². The second-order valence-corrected chi connectivity index (χ2v) is 6.47. The van der Waals surface area contributed by atoms with Crippen molar-refractivity contribution in [2.24, 2.45) is 4.99 Å². The van der Waals surface area contributed by atoms with Gasteiger partial charge < -0.3 is 5.32 Å². The molecule has 0 saturated heterocycles. The molecule has 0 atom stereocenters. The van der Waals surface area contributed by atoms with Gasteiger partial charge in [-0.15, -0.1) is 0 Å². The lowest BCUT2D eigenvalue weighted by atomic mass is 10.0. The highest BCUT2D eigenvalue weighted by Gasteiger charge is 2.23. The molecule has 120 valence electrons. The van der Waals surface area contributed by atoms with Crippen molar-refractivity contribution in [3.63, 3.8) is 0 Å². The van der Waals surface area contributed by atoms with Gasteiger partial charge in [0.1, 0.15) is 11.5 Å². The van der Waals surface area contributed by atoms with Gasteiger partial charge in [0.05, 0.1) is 17.0 Å². The minimum Gasteiger partial charge on any atom is -0.321 e. The lowest BCUT2D eigenvalue weighted by molar-refractivity contribution is 0.967. The van der Waals surface area contributed by atoms with Gasteiger partial charge in [-0.3, -0.25) is 5.10 Å². The molecule has 3 aromatic rings. The van der Waals surface area contributed by atoms with E-state index < -0.39 is 0 Å². The van der Waals surface area contributed by atoms with Crippen LogP contribution in [0.4, 0.5) is 17.3 Å². The largest absolute Gasteiger partial charge is 0.321 e. The zero-order chi connectivity index (χ0) is 16.7. The summed E-state index contributed by atoms with van der Waals surface area (Å²) in [5.74, 6) is 1.33. The van der Waals surface area contributed by atoms with E-state index in [2.05, 4.69) is 25.5 Å². The van der Waals surface area contributed by atoms with Crippen molar-refractivity contribution in [3.05, 3.63) is 52.3 Å². The highest BCUT2D eigenvalue weighted by Crippen LogP contribution is 2.35. The first-order valence-corrected chi connectivity index (χ1v) is 8.84. The molecule has 0 fully saturated rings. The summed E-state index contributed by atoms with van der Waals surface area (Å²) in [5.41, 5.74) is 4.11. The summed E-state index contributed by atoms with van der Waals surface area (Å²) in [6.45, 7) is 1.93. The van der Waals surface area contributed by atoms with Crippen LogP contribution in [0.5, 0.6) is 0 Å². The summed E-state index contributed by atoms with van der Waals surface area (Å²) in [7, 11) is 0. The number of aromatic amines is 1. The third-order valence-corrected chi connectivity index (χ3v) is 4.47. The van der Waals surface area contributed by atoms with Crippen molar-refractivity contribution in [2.75, 3.05) is 11.6 Å². The molecule has 4 rings (SSSR count). The summed E-state index contributed by atoms with van der Waals surface area (Å²) < 4.78 is 0. The zero-order valence-electron chi connectivity index (χ0n) is 13.0. The number of nitrogens with one attached hydrogen (secondary N) is 2. The van der Waals surface area contributed by atoms with E-state index in [1.165, 1.54) is 11.8 Å². The Balaban J connectivity index is 1.99. The number of rotatable bonds is 2. The topological polar surface area (TPSA) is 78.9 Å². The van der Waals surface area contributed by atoms with Crippen LogP contribution in [-0.4, -0.2) is 32.1 Å². The van der Waals surface area contributed by atoms with Gasteiger partial charge in [-0.25, -0.2) is 15.0 Å². The Labute approximate surface area is 147 Å². The smallest absolute Gasteiger partial charge is 0.189 e. The fourth-order valence-corrected chi connectivity index (χ4v) is 3.05. The number of anilines is 2. The monoisotopic (exact) mass is 356 g/mol. The number of aromatic nitrogens is 4. The number of hydrogen-bond donors (Lipinski definition) is 2. The molecule has 1 aliphatic heterocycles. The first-order chi connectivity index (χ1) is 11.7. The molecule has 0 saturated carbocycles. The van der Waals surface area contributed by atoms with Crippen molar-refractivity contribution in [1.29, 1.82) is 0 Å². The van der Waals surface area contributed by atoms with E-state index in [0.717, 1.165) is 28.2 Å². The van der Waals surface area contributed by atoms with E-state index in [-0.39, 0.29) is 0 Å². The molecule has 0 bridgehead atoms. The lowest BCUT2D eigenvalue weighted by Crippen LogP contribution is -2.08. The number of nitrogens with zero attached hydrogens (tertiary/aromatic N) is 4.